The average molecular weight is 358 g/mol. The molecule has 0 fully saturated rings. The van der Waals surface area contributed by atoms with E-state index >= 15 is 0 Å². The first-order valence-corrected chi connectivity index (χ1v) is 8.47. The van der Waals surface area contributed by atoms with Gasteiger partial charge in [0.25, 0.3) is 0 Å². The first-order chi connectivity index (χ1) is 12.6. The molecule has 0 bridgehead atoms. The van der Waals surface area contributed by atoms with Crippen LogP contribution in [0.15, 0.2) is 48.5 Å². The maximum Gasteiger partial charge on any atom is 0.227 e. The number of nitrogens with one attached hydrogen (secondary N) is 1. The second kappa shape index (κ2) is 10.6. The Hall–Kier alpha value is -2.41. The third-order valence-corrected chi connectivity index (χ3v) is 3.92. The van der Waals surface area contributed by atoms with Gasteiger partial charge in [-0.2, -0.15) is 0 Å². The first-order valence-electron chi connectivity index (χ1n) is 8.47. The summed E-state index contributed by atoms with van der Waals surface area (Å²) in [7, 11) is 3.19. The molecule has 0 aliphatic rings. The van der Waals surface area contributed by atoms with Crippen molar-refractivity contribution in [1.29, 1.82) is 0 Å². The van der Waals surface area contributed by atoms with Crippen LogP contribution in [0.25, 0.3) is 0 Å². The molecule has 1 amide bonds. The Bertz CT molecular complexity index is 684. The van der Waals surface area contributed by atoms with Crippen molar-refractivity contribution >= 4 is 11.6 Å². The summed E-state index contributed by atoms with van der Waals surface area (Å²) in [6.45, 7) is 1.27. The van der Waals surface area contributed by atoms with Gasteiger partial charge >= 0.3 is 0 Å². The largest absolute Gasteiger partial charge is 0.497 e. The van der Waals surface area contributed by atoms with Crippen molar-refractivity contribution in [2.45, 2.75) is 25.7 Å². The molecular weight excluding hydrogens is 332 g/mol. The van der Waals surface area contributed by atoms with Crippen molar-refractivity contribution in [3.05, 3.63) is 59.7 Å². The van der Waals surface area contributed by atoms with E-state index in [9.17, 15) is 4.79 Å². The van der Waals surface area contributed by atoms with E-state index < -0.39 is 0 Å². The summed E-state index contributed by atoms with van der Waals surface area (Å²) in [5.41, 5.74) is 8.33. The minimum absolute atomic E-state index is 0.126. The van der Waals surface area contributed by atoms with Crippen LogP contribution in [0, 0.1) is 0 Å². The Morgan fingerprint density at radius 3 is 2.46 bits per heavy atom. The molecule has 0 radical (unpaired) electrons. The molecule has 140 valence electrons. The van der Waals surface area contributed by atoms with Crippen LogP contribution in [0.3, 0.4) is 0 Å². The molecule has 26 heavy (non-hydrogen) atoms. The number of carbonyl (C=O) groups excluding carboxylic acids is 1. The summed E-state index contributed by atoms with van der Waals surface area (Å²) < 4.78 is 16.0. The maximum absolute atomic E-state index is 12.0. The normalized spacial score (nSPS) is 11.8. The zero-order chi connectivity index (χ0) is 18.8. The molecule has 6 heteroatoms. The number of hydrogen-bond donors (Lipinski definition) is 2. The standard InChI is InChI=1S/C20H26N2O4/c1-24-18-8-6-15(7-9-18)13-26-14-16-4-3-5-17(10-16)22-20(23)11-19(12-21)25-2/h3-10,19H,11-14,21H2,1-2H3,(H,22,23). The fraction of sp³-hybridized carbons (Fsp3) is 0.350. The number of benzene rings is 2. The highest BCUT2D eigenvalue weighted by atomic mass is 16.5. The third-order valence-electron chi connectivity index (χ3n) is 3.92. The molecule has 2 aromatic rings. The van der Waals surface area contributed by atoms with E-state index in [1.54, 1.807) is 14.2 Å². The van der Waals surface area contributed by atoms with Crippen molar-refractivity contribution < 1.29 is 19.0 Å². The lowest BCUT2D eigenvalue weighted by atomic mass is 10.2. The maximum atomic E-state index is 12.0. The average Bonchev–Trinajstić information content (AvgIpc) is 2.67. The zero-order valence-electron chi connectivity index (χ0n) is 15.2. The van der Waals surface area contributed by atoms with Crippen molar-refractivity contribution in [1.82, 2.24) is 0 Å². The molecule has 1 unspecified atom stereocenters. The number of ether oxygens (including phenoxy) is 3. The van der Waals surface area contributed by atoms with E-state index in [2.05, 4.69) is 5.32 Å². The molecule has 0 saturated heterocycles. The highest BCUT2D eigenvalue weighted by Crippen LogP contribution is 2.15. The molecule has 3 N–H and O–H groups in total. The van der Waals surface area contributed by atoms with Crippen LogP contribution in [0.2, 0.25) is 0 Å². The fourth-order valence-electron chi connectivity index (χ4n) is 2.43. The second-order valence-electron chi connectivity index (χ2n) is 5.89. The van der Waals surface area contributed by atoms with Gasteiger partial charge in [0.1, 0.15) is 5.75 Å². The molecule has 0 saturated carbocycles. The molecule has 1 atom stereocenters. The van der Waals surface area contributed by atoms with Gasteiger partial charge in [-0.05, 0) is 35.4 Å². The van der Waals surface area contributed by atoms with Crippen LogP contribution in [-0.2, 0) is 27.5 Å². The second-order valence-corrected chi connectivity index (χ2v) is 5.89. The van der Waals surface area contributed by atoms with Crippen LogP contribution < -0.4 is 15.8 Å². The molecule has 0 aromatic heterocycles. The van der Waals surface area contributed by atoms with Crippen LogP contribution in [0.4, 0.5) is 5.69 Å². The quantitative estimate of drug-likeness (QED) is 0.682. The molecule has 2 rings (SSSR count). The van der Waals surface area contributed by atoms with Gasteiger partial charge < -0.3 is 25.3 Å². The van der Waals surface area contributed by atoms with Gasteiger partial charge in [-0.15, -0.1) is 0 Å². The number of nitrogens with two attached hydrogens (primary N) is 1. The SMILES string of the molecule is COc1ccc(COCc2cccc(NC(=O)CC(CN)OC)c2)cc1. The van der Waals surface area contributed by atoms with Gasteiger partial charge in [-0.1, -0.05) is 24.3 Å². The van der Waals surface area contributed by atoms with E-state index in [4.69, 9.17) is 19.9 Å². The molecule has 0 aliphatic heterocycles. The zero-order valence-corrected chi connectivity index (χ0v) is 15.2. The number of methoxy groups -OCH3 is 2. The van der Waals surface area contributed by atoms with E-state index in [1.807, 2.05) is 48.5 Å². The molecule has 0 aliphatic carbocycles. The lowest BCUT2D eigenvalue weighted by molar-refractivity contribution is -0.118. The van der Waals surface area contributed by atoms with Gasteiger partial charge in [0, 0.05) is 19.3 Å². The summed E-state index contributed by atoms with van der Waals surface area (Å²) >= 11 is 0. The third kappa shape index (κ3) is 6.48. The van der Waals surface area contributed by atoms with Gasteiger partial charge in [0.15, 0.2) is 0 Å². The van der Waals surface area contributed by atoms with Gasteiger partial charge in [0.05, 0.1) is 32.8 Å². The van der Waals surface area contributed by atoms with Crippen LogP contribution in [-0.4, -0.2) is 32.8 Å². The Balaban J connectivity index is 1.83. The van der Waals surface area contributed by atoms with Crippen LogP contribution in [0.1, 0.15) is 17.5 Å². The number of carbonyl (C=O) groups is 1. The van der Waals surface area contributed by atoms with Crippen LogP contribution in [0.5, 0.6) is 5.75 Å². The molecule has 2 aromatic carbocycles. The Morgan fingerprint density at radius 1 is 1.08 bits per heavy atom. The number of amides is 1. The molecular formula is C20H26N2O4. The predicted octanol–water partition coefficient (Wildman–Crippen LogP) is 2.71. The fourth-order valence-corrected chi connectivity index (χ4v) is 2.43. The lowest BCUT2D eigenvalue weighted by Crippen LogP contribution is -2.28. The molecule has 6 nitrogen and oxygen atoms in total. The van der Waals surface area contributed by atoms with E-state index in [0.29, 0.717) is 19.8 Å². The molecule has 0 heterocycles. The van der Waals surface area contributed by atoms with Crippen molar-refractivity contribution in [2.75, 3.05) is 26.1 Å². The first kappa shape index (κ1) is 19.9. The topological polar surface area (TPSA) is 82.8 Å². The van der Waals surface area contributed by atoms with E-state index in [1.165, 1.54) is 0 Å². The minimum Gasteiger partial charge on any atom is -0.497 e. The molecule has 0 spiro atoms. The number of anilines is 1. The van der Waals surface area contributed by atoms with Crippen molar-refractivity contribution in [2.24, 2.45) is 5.73 Å². The highest BCUT2D eigenvalue weighted by Gasteiger charge is 2.11. The monoisotopic (exact) mass is 358 g/mol. The van der Waals surface area contributed by atoms with E-state index in [0.717, 1.165) is 22.6 Å². The minimum atomic E-state index is -0.272. The summed E-state index contributed by atoms with van der Waals surface area (Å²) in [6, 6.07) is 15.3. The van der Waals surface area contributed by atoms with Gasteiger partial charge in [-0.3, -0.25) is 4.79 Å². The van der Waals surface area contributed by atoms with E-state index in [-0.39, 0.29) is 18.4 Å². The Kier molecular flexibility index (Phi) is 8.08. The summed E-state index contributed by atoms with van der Waals surface area (Å²) in [5, 5.41) is 2.86. The number of rotatable bonds is 10. The highest BCUT2D eigenvalue weighted by molar-refractivity contribution is 5.91. The summed E-state index contributed by atoms with van der Waals surface area (Å²) in [4.78, 5) is 12.0. The van der Waals surface area contributed by atoms with Crippen molar-refractivity contribution in [3.8, 4) is 5.75 Å². The van der Waals surface area contributed by atoms with Crippen molar-refractivity contribution in [3.63, 3.8) is 0 Å². The smallest absolute Gasteiger partial charge is 0.227 e. The number of hydrogen-bond acceptors (Lipinski definition) is 5. The van der Waals surface area contributed by atoms with Crippen LogP contribution >= 0.6 is 0 Å². The Morgan fingerprint density at radius 2 is 1.81 bits per heavy atom. The predicted molar refractivity (Wildman–Crippen MR) is 101 cm³/mol. The summed E-state index contributed by atoms with van der Waals surface area (Å²) in [6.07, 6.45) is -0.0448. The lowest BCUT2D eigenvalue weighted by Gasteiger charge is -2.13. The van der Waals surface area contributed by atoms with Gasteiger partial charge in [0.2, 0.25) is 5.91 Å². The summed E-state index contributed by atoms with van der Waals surface area (Å²) in [5.74, 6) is 0.696. The van der Waals surface area contributed by atoms with Gasteiger partial charge in [-0.25, -0.2) is 0 Å². The Labute approximate surface area is 154 Å².